The summed E-state index contributed by atoms with van der Waals surface area (Å²) < 4.78 is 0. The molecule has 0 aromatic heterocycles. The predicted octanol–water partition coefficient (Wildman–Crippen LogP) is 2.80. The maximum absolute atomic E-state index is 13.7. The summed E-state index contributed by atoms with van der Waals surface area (Å²) in [5, 5.41) is 25.1. The van der Waals surface area contributed by atoms with Crippen LogP contribution in [0, 0.1) is 17.8 Å². The fourth-order valence-electron chi connectivity index (χ4n) is 5.59. The number of aldehydes is 1. The van der Waals surface area contributed by atoms with E-state index in [1.54, 1.807) is 6.26 Å². The zero-order valence-corrected chi connectivity index (χ0v) is 36.2. The lowest BCUT2D eigenvalue weighted by Gasteiger charge is -2.29. The van der Waals surface area contributed by atoms with E-state index in [9.17, 15) is 38.4 Å². The van der Waals surface area contributed by atoms with Crippen LogP contribution in [0.15, 0.2) is 30.3 Å². The molecule has 0 saturated carbocycles. The van der Waals surface area contributed by atoms with Gasteiger partial charge in [-0.1, -0.05) is 78.3 Å². The van der Waals surface area contributed by atoms with Crippen molar-refractivity contribution in [3.05, 3.63) is 35.9 Å². The maximum Gasteiger partial charge on any atom is 0.303 e. The number of carboxylic acid groups (broad SMARTS) is 1. The van der Waals surface area contributed by atoms with Crippen molar-refractivity contribution in [2.75, 3.05) is 17.8 Å². The number of carbonyl (C=O) groups is 8. The molecule has 0 radical (unpaired) electrons. The summed E-state index contributed by atoms with van der Waals surface area (Å²) in [6, 6.07) is 3.73. The van der Waals surface area contributed by atoms with Crippen LogP contribution in [0.2, 0.25) is 0 Å². The van der Waals surface area contributed by atoms with Gasteiger partial charge in [-0.15, -0.1) is 0 Å². The number of thioether (sulfide) groups is 2. The number of rotatable bonds is 28. The van der Waals surface area contributed by atoms with Gasteiger partial charge in [0.05, 0.1) is 6.04 Å². The molecule has 0 bridgehead atoms. The van der Waals surface area contributed by atoms with Gasteiger partial charge in [0.25, 0.3) is 0 Å². The van der Waals surface area contributed by atoms with E-state index in [0.29, 0.717) is 24.2 Å². The Kier molecular flexibility index (Phi) is 24.6. The molecule has 7 atom stereocenters. The van der Waals surface area contributed by atoms with Gasteiger partial charge in [0, 0.05) is 30.1 Å². The van der Waals surface area contributed by atoms with E-state index < -0.39 is 77.7 Å². The lowest BCUT2D eigenvalue weighted by molar-refractivity contribution is -0.137. The van der Waals surface area contributed by atoms with Crippen molar-refractivity contribution >= 4 is 71.2 Å². The third kappa shape index (κ3) is 20.7. The number of carbonyl (C=O) groups excluding carboxylic acids is 7. The first-order valence-electron chi connectivity index (χ1n) is 19.5. The van der Waals surface area contributed by atoms with Crippen LogP contribution in [0.25, 0.3) is 0 Å². The van der Waals surface area contributed by atoms with Crippen molar-refractivity contribution in [1.82, 2.24) is 31.9 Å². The number of carboxylic acids is 1. The highest BCUT2D eigenvalue weighted by atomic mass is 32.2. The van der Waals surface area contributed by atoms with Crippen molar-refractivity contribution in [1.29, 1.82) is 0 Å². The van der Waals surface area contributed by atoms with Gasteiger partial charge in [0.15, 0.2) is 0 Å². The van der Waals surface area contributed by atoms with Gasteiger partial charge in [-0.25, -0.2) is 0 Å². The monoisotopic (exact) mass is 836 g/mol. The minimum atomic E-state index is -1.13. The van der Waals surface area contributed by atoms with Crippen LogP contribution in [0.1, 0.15) is 92.6 Å². The van der Waals surface area contributed by atoms with E-state index in [1.165, 1.54) is 30.4 Å². The molecule has 0 spiro atoms. The van der Waals surface area contributed by atoms with Gasteiger partial charge in [0.1, 0.15) is 36.5 Å². The van der Waals surface area contributed by atoms with E-state index >= 15 is 0 Å². The fourth-order valence-corrected chi connectivity index (χ4v) is 7.12. The molecule has 1 rings (SSSR count). The normalized spacial score (nSPS) is 14.8. The van der Waals surface area contributed by atoms with Gasteiger partial charge in [-0.05, 0) is 55.8 Å². The van der Waals surface area contributed by atoms with Crippen LogP contribution >= 0.6 is 23.5 Å². The van der Waals surface area contributed by atoms with E-state index in [0.717, 1.165) is 5.56 Å². The van der Waals surface area contributed by atoms with Crippen molar-refractivity contribution in [2.45, 2.75) is 129 Å². The highest BCUT2D eigenvalue weighted by molar-refractivity contribution is 7.98. The third-order valence-electron chi connectivity index (χ3n) is 8.91. The lowest BCUT2D eigenvalue weighted by Crippen LogP contribution is -2.60. The molecule has 0 aliphatic rings. The SMILES string of the molecule is CC[C@H](C)[C@H](NC(=O)[C@H](CC(C)C)NC(=O)[C@H](C)NC(=O)C(CSC)NC(=O)[C@H](CC(C)C)NC(=O)CCCC(=O)O)C(=O)N[C@H](C=O)CSCc1ccccc1. The second kappa shape index (κ2) is 27.5. The Morgan fingerprint density at radius 3 is 1.79 bits per heavy atom. The topological polar surface area (TPSA) is 229 Å². The van der Waals surface area contributed by atoms with Gasteiger partial charge >= 0.3 is 5.97 Å². The number of aliphatic carboxylic acids is 1. The molecule has 17 heteroatoms. The first-order valence-corrected chi connectivity index (χ1v) is 22.1. The predicted molar refractivity (Wildman–Crippen MR) is 224 cm³/mol. The molecular formula is C40H64N6O9S2. The molecule has 1 aromatic carbocycles. The molecule has 57 heavy (non-hydrogen) atoms. The van der Waals surface area contributed by atoms with Crippen molar-refractivity contribution < 1.29 is 43.5 Å². The van der Waals surface area contributed by atoms with Crippen LogP contribution < -0.4 is 31.9 Å². The molecule has 0 heterocycles. The number of hydrogen-bond donors (Lipinski definition) is 7. The Labute approximate surface area is 345 Å². The molecule has 0 fully saturated rings. The van der Waals surface area contributed by atoms with Crippen molar-refractivity contribution in [3.63, 3.8) is 0 Å². The molecule has 1 unspecified atom stereocenters. The highest BCUT2D eigenvalue weighted by Gasteiger charge is 2.33. The molecule has 6 amide bonds. The smallest absolute Gasteiger partial charge is 0.303 e. The van der Waals surface area contributed by atoms with E-state index in [2.05, 4.69) is 31.9 Å². The zero-order chi connectivity index (χ0) is 43.1. The second-order valence-corrected chi connectivity index (χ2v) is 17.0. The van der Waals surface area contributed by atoms with Crippen molar-refractivity contribution in [3.8, 4) is 0 Å². The average Bonchev–Trinajstić information content (AvgIpc) is 3.14. The number of benzene rings is 1. The standard InChI is InChI=1S/C40H64N6O9S2/c1-9-26(6)35(40(55)42-29(20-47)22-57-21-28-14-11-10-12-15-28)46-38(53)31(19-25(4)5)44-36(51)27(7)41-39(54)32(23-56-8)45-37(52)30(18-24(2)3)43-33(48)16-13-17-34(49)50/h10-12,14-15,20,24-27,29-32,35H,9,13,16-19,21-23H2,1-8H3,(H,41,54)(H,42,55)(H,43,48)(H,44,51)(H,45,52)(H,46,53)(H,49,50)/t26-,27-,29+,30-,31-,32?,35-/m0/s1. The quantitative estimate of drug-likeness (QED) is 0.0608. The molecular weight excluding hydrogens is 773 g/mol. The Hall–Kier alpha value is -4.12. The number of nitrogens with one attached hydrogen (secondary N) is 6. The summed E-state index contributed by atoms with van der Waals surface area (Å²) in [6.07, 6.45) is 3.30. The Balaban J connectivity index is 2.99. The molecule has 0 saturated heterocycles. The molecule has 0 aliphatic heterocycles. The van der Waals surface area contributed by atoms with Gasteiger partial charge in [0.2, 0.25) is 35.4 Å². The minimum Gasteiger partial charge on any atom is -0.481 e. The number of hydrogen-bond acceptors (Lipinski definition) is 10. The van der Waals surface area contributed by atoms with Crippen LogP contribution in [0.4, 0.5) is 0 Å². The summed E-state index contributed by atoms with van der Waals surface area (Å²) in [5.74, 6) is -3.72. The summed E-state index contributed by atoms with van der Waals surface area (Å²) in [6.45, 7) is 12.6. The van der Waals surface area contributed by atoms with Gasteiger partial charge < -0.3 is 41.8 Å². The third-order valence-corrected chi connectivity index (χ3v) is 10.7. The average molecular weight is 837 g/mol. The van der Waals surface area contributed by atoms with Crippen LogP contribution in [-0.4, -0.2) is 107 Å². The van der Waals surface area contributed by atoms with Gasteiger partial charge in [-0.2, -0.15) is 23.5 Å². The molecule has 0 aliphatic carbocycles. The summed E-state index contributed by atoms with van der Waals surface area (Å²) >= 11 is 2.78. The second-order valence-electron chi connectivity index (χ2n) is 15.1. The Morgan fingerprint density at radius 1 is 0.684 bits per heavy atom. The maximum atomic E-state index is 13.7. The first kappa shape index (κ1) is 50.9. The summed E-state index contributed by atoms with van der Waals surface area (Å²) in [4.78, 5) is 103. The molecule has 320 valence electrons. The van der Waals surface area contributed by atoms with Gasteiger partial charge in [-0.3, -0.25) is 33.6 Å². The van der Waals surface area contributed by atoms with Crippen LogP contribution in [-0.2, 0) is 44.1 Å². The lowest BCUT2D eigenvalue weighted by atomic mass is 9.96. The largest absolute Gasteiger partial charge is 0.481 e. The van der Waals surface area contributed by atoms with Crippen molar-refractivity contribution in [2.24, 2.45) is 17.8 Å². The highest BCUT2D eigenvalue weighted by Crippen LogP contribution is 2.15. The van der Waals surface area contributed by atoms with E-state index in [-0.39, 0.29) is 55.6 Å². The van der Waals surface area contributed by atoms with Crippen LogP contribution in [0.3, 0.4) is 0 Å². The first-order chi connectivity index (χ1) is 26.9. The number of amides is 6. The summed E-state index contributed by atoms with van der Waals surface area (Å²) in [5.41, 5.74) is 1.09. The summed E-state index contributed by atoms with van der Waals surface area (Å²) in [7, 11) is 0. The Bertz CT molecular complexity index is 1470. The minimum absolute atomic E-state index is 0.00460. The van der Waals surface area contributed by atoms with E-state index in [4.69, 9.17) is 5.11 Å². The van der Waals surface area contributed by atoms with Crippen LogP contribution in [0.5, 0.6) is 0 Å². The van der Waals surface area contributed by atoms with E-state index in [1.807, 2.05) is 71.9 Å². The molecule has 7 N–H and O–H groups in total. The Morgan fingerprint density at radius 2 is 1.25 bits per heavy atom. The molecule has 15 nitrogen and oxygen atoms in total. The zero-order valence-electron chi connectivity index (χ0n) is 34.6. The fraction of sp³-hybridized carbons (Fsp3) is 0.650. The molecule has 1 aromatic rings.